The molecule has 1 fully saturated rings. The zero-order chi connectivity index (χ0) is 13.5. The average molecular weight is 274 g/mol. The summed E-state index contributed by atoms with van der Waals surface area (Å²) in [4.78, 5) is 14.5. The third kappa shape index (κ3) is 4.15. The highest BCUT2D eigenvalue weighted by Crippen LogP contribution is 2.28. The zero-order valence-corrected chi connectivity index (χ0v) is 12.9. The van der Waals surface area contributed by atoms with Crippen molar-refractivity contribution in [1.82, 2.24) is 4.90 Å². The van der Waals surface area contributed by atoms with Crippen LogP contribution in [0.25, 0.3) is 0 Å². The largest absolute Gasteiger partial charge is 0.341 e. The van der Waals surface area contributed by atoms with Gasteiger partial charge in [-0.25, -0.2) is 0 Å². The van der Waals surface area contributed by atoms with Crippen LogP contribution >= 0.6 is 11.6 Å². The minimum Gasteiger partial charge on any atom is -0.341 e. The highest BCUT2D eigenvalue weighted by molar-refractivity contribution is 6.21. The molecule has 0 aromatic heterocycles. The first-order valence-electron chi connectivity index (χ1n) is 7.52. The van der Waals surface area contributed by atoms with E-state index in [1.807, 2.05) is 11.9 Å². The Morgan fingerprint density at radius 1 is 1.22 bits per heavy atom. The normalized spacial score (nSPS) is 24.3. The minimum absolute atomic E-state index is 0.150. The van der Waals surface area contributed by atoms with Crippen LogP contribution in [0, 0.1) is 5.92 Å². The molecule has 1 saturated carbocycles. The van der Waals surface area contributed by atoms with E-state index in [-0.39, 0.29) is 17.3 Å². The first kappa shape index (κ1) is 15.8. The molecule has 0 aliphatic heterocycles. The zero-order valence-electron chi connectivity index (χ0n) is 12.1. The average Bonchev–Trinajstić information content (AvgIpc) is 2.37. The molecule has 0 spiro atoms. The Labute approximate surface area is 117 Å². The van der Waals surface area contributed by atoms with Gasteiger partial charge in [0.1, 0.15) is 0 Å². The Kier molecular flexibility index (Phi) is 7.06. The molecule has 2 nitrogen and oxygen atoms in total. The maximum atomic E-state index is 12.5. The van der Waals surface area contributed by atoms with Crippen molar-refractivity contribution < 1.29 is 4.79 Å². The van der Waals surface area contributed by atoms with Crippen LogP contribution in [0.4, 0.5) is 0 Å². The van der Waals surface area contributed by atoms with E-state index < -0.39 is 0 Å². The molecule has 106 valence electrons. The summed E-state index contributed by atoms with van der Waals surface area (Å²) in [6, 6.07) is 0.254. The van der Waals surface area contributed by atoms with Crippen LogP contribution < -0.4 is 0 Å². The SMILES string of the molecule is CCCC(CCC)C(=O)N(C)C1CCCCC1Cl. The molecule has 0 bridgehead atoms. The molecule has 2 unspecified atom stereocenters. The van der Waals surface area contributed by atoms with Gasteiger partial charge in [-0.05, 0) is 25.7 Å². The molecule has 1 amide bonds. The van der Waals surface area contributed by atoms with Gasteiger partial charge >= 0.3 is 0 Å². The van der Waals surface area contributed by atoms with Crippen LogP contribution in [-0.4, -0.2) is 29.3 Å². The summed E-state index contributed by atoms with van der Waals surface area (Å²) in [5, 5.41) is 0.150. The third-order valence-electron chi connectivity index (χ3n) is 4.12. The molecule has 3 heteroatoms. The molecular weight excluding hydrogens is 246 g/mol. The van der Waals surface area contributed by atoms with Crippen molar-refractivity contribution in [3.05, 3.63) is 0 Å². The minimum atomic E-state index is 0.150. The van der Waals surface area contributed by atoms with E-state index in [0.717, 1.165) is 38.5 Å². The molecule has 0 aromatic rings. The Morgan fingerprint density at radius 2 is 1.78 bits per heavy atom. The molecule has 1 rings (SSSR count). The van der Waals surface area contributed by atoms with E-state index in [2.05, 4.69) is 13.8 Å². The van der Waals surface area contributed by atoms with Crippen LogP contribution in [0.15, 0.2) is 0 Å². The van der Waals surface area contributed by atoms with Crippen LogP contribution in [-0.2, 0) is 4.79 Å². The number of alkyl halides is 1. The fourth-order valence-corrected chi connectivity index (χ4v) is 3.49. The number of rotatable bonds is 6. The molecule has 18 heavy (non-hydrogen) atoms. The van der Waals surface area contributed by atoms with E-state index in [1.54, 1.807) is 0 Å². The quantitative estimate of drug-likeness (QED) is 0.664. The van der Waals surface area contributed by atoms with Crippen molar-refractivity contribution in [2.45, 2.75) is 76.6 Å². The van der Waals surface area contributed by atoms with E-state index in [1.165, 1.54) is 12.8 Å². The van der Waals surface area contributed by atoms with Gasteiger partial charge in [0, 0.05) is 19.0 Å². The molecule has 2 atom stereocenters. The van der Waals surface area contributed by atoms with Gasteiger partial charge in [0.2, 0.25) is 5.91 Å². The van der Waals surface area contributed by atoms with E-state index in [9.17, 15) is 4.79 Å². The monoisotopic (exact) mass is 273 g/mol. The Balaban J connectivity index is 2.61. The second-order valence-corrected chi connectivity index (χ2v) is 6.15. The fourth-order valence-electron chi connectivity index (χ4n) is 3.04. The van der Waals surface area contributed by atoms with Crippen molar-refractivity contribution >= 4 is 17.5 Å². The standard InChI is InChI=1S/C15H28ClNO/c1-4-8-12(9-5-2)15(18)17(3)14-11-7-6-10-13(14)16/h12-14H,4-11H2,1-3H3. The number of hydrogen-bond acceptors (Lipinski definition) is 1. The maximum Gasteiger partial charge on any atom is 0.225 e. The summed E-state index contributed by atoms with van der Waals surface area (Å²) >= 11 is 6.39. The summed E-state index contributed by atoms with van der Waals surface area (Å²) in [7, 11) is 1.95. The van der Waals surface area contributed by atoms with Gasteiger partial charge in [-0.1, -0.05) is 39.5 Å². The number of carbonyl (C=O) groups is 1. The lowest BCUT2D eigenvalue weighted by atomic mass is 9.91. The molecular formula is C15H28ClNO. The van der Waals surface area contributed by atoms with Crippen molar-refractivity contribution in [2.24, 2.45) is 5.92 Å². The Hall–Kier alpha value is -0.240. The molecule has 0 N–H and O–H groups in total. The summed E-state index contributed by atoms with van der Waals surface area (Å²) < 4.78 is 0. The molecule has 0 aromatic carbocycles. The predicted octanol–water partition coefficient (Wildman–Crippen LogP) is 4.21. The number of amides is 1. The lowest BCUT2D eigenvalue weighted by Crippen LogP contribution is -2.46. The Morgan fingerprint density at radius 3 is 2.28 bits per heavy atom. The predicted molar refractivity (Wildman–Crippen MR) is 78.0 cm³/mol. The van der Waals surface area contributed by atoms with Crippen molar-refractivity contribution in [1.29, 1.82) is 0 Å². The van der Waals surface area contributed by atoms with Gasteiger partial charge in [-0.15, -0.1) is 11.6 Å². The number of hydrogen-bond donors (Lipinski definition) is 0. The first-order chi connectivity index (χ1) is 8.61. The summed E-state index contributed by atoms with van der Waals surface area (Å²) in [5.41, 5.74) is 0. The number of halogens is 1. The van der Waals surface area contributed by atoms with E-state index in [4.69, 9.17) is 11.6 Å². The third-order valence-corrected chi connectivity index (χ3v) is 4.62. The van der Waals surface area contributed by atoms with Crippen LogP contribution in [0.1, 0.15) is 65.2 Å². The van der Waals surface area contributed by atoms with Crippen molar-refractivity contribution in [3.63, 3.8) is 0 Å². The molecule has 0 radical (unpaired) electrons. The van der Waals surface area contributed by atoms with Gasteiger partial charge < -0.3 is 4.90 Å². The molecule has 1 aliphatic carbocycles. The second kappa shape index (κ2) is 8.04. The maximum absolute atomic E-state index is 12.5. The second-order valence-electron chi connectivity index (χ2n) is 5.59. The summed E-state index contributed by atoms with van der Waals surface area (Å²) in [5.74, 6) is 0.520. The smallest absolute Gasteiger partial charge is 0.225 e. The molecule has 0 saturated heterocycles. The van der Waals surface area contributed by atoms with Crippen molar-refractivity contribution in [3.8, 4) is 0 Å². The van der Waals surface area contributed by atoms with Crippen LogP contribution in [0.2, 0.25) is 0 Å². The lowest BCUT2D eigenvalue weighted by Gasteiger charge is -2.36. The number of carbonyl (C=O) groups excluding carboxylic acids is 1. The molecule has 1 aliphatic rings. The van der Waals surface area contributed by atoms with E-state index in [0.29, 0.717) is 5.91 Å². The number of nitrogens with zero attached hydrogens (tertiary/aromatic N) is 1. The van der Waals surface area contributed by atoms with Gasteiger partial charge in [0.15, 0.2) is 0 Å². The highest BCUT2D eigenvalue weighted by atomic mass is 35.5. The fraction of sp³-hybridized carbons (Fsp3) is 0.933. The van der Waals surface area contributed by atoms with Gasteiger partial charge in [-0.3, -0.25) is 4.79 Å². The van der Waals surface area contributed by atoms with Crippen LogP contribution in [0.3, 0.4) is 0 Å². The highest BCUT2D eigenvalue weighted by Gasteiger charge is 2.31. The summed E-state index contributed by atoms with van der Waals surface area (Å²) in [6.45, 7) is 4.31. The van der Waals surface area contributed by atoms with Gasteiger partial charge in [-0.2, -0.15) is 0 Å². The van der Waals surface area contributed by atoms with E-state index >= 15 is 0 Å². The van der Waals surface area contributed by atoms with Gasteiger partial charge in [0.25, 0.3) is 0 Å². The summed E-state index contributed by atoms with van der Waals surface area (Å²) in [6.07, 6.45) is 8.72. The molecule has 0 heterocycles. The Bertz CT molecular complexity index is 251. The topological polar surface area (TPSA) is 20.3 Å². The van der Waals surface area contributed by atoms with Gasteiger partial charge in [0.05, 0.1) is 5.38 Å². The lowest BCUT2D eigenvalue weighted by molar-refractivity contribution is -0.137. The van der Waals surface area contributed by atoms with Crippen molar-refractivity contribution in [2.75, 3.05) is 7.05 Å². The first-order valence-corrected chi connectivity index (χ1v) is 7.96. The van der Waals surface area contributed by atoms with Crippen LogP contribution in [0.5, 0.6) is 0 Å².